The molecule has 0 saturated carbocycles. The zero-order valence-corrected chi connectivity index (χ0v) is 12.6. The van der Waals surface area contributed by atoms with Crippen LogP contribution >= 0.6 is 11.3 Å². The Balaban J connectivity index is 2.30. The molecule has 108 valence electrons. The van der Waals surface area contributed by atoms with Gasteiger partial charge in [0.15, 0.2) is 0 Å². The van der Waals surface area contributed by atoms with E-state index < -0.39 is 5.82 Å². The molecule has 0 radical (unpaired) electrons. The fourth-order valence-electron chi connectivity index (χ4n) is 1.84. The predicted octanol–water partition coefficient (Wildman–Crippen LogP) is 2.78. The van der Waals surface area contributed by atoms with Crippen molar-refractivity contribution in [2.24, 2.45) is 5.73 Å². The van der Waals surface area contributed by atoms with Crippen molar-refractivity contribution in [1.29, 1.82) is 0 Å². The molecule has 0 spiro atoms. The first kappa shape index (κ1) is 15.2. The van der Waals surface area contributed by atoms with Gasteiger partial charge in [-0.05, 0) is 30.7 Å². The fraction of sp³-hybridized carbons (Fsp3) is 0.188. The van der Waals surface area contributed by atoms with Crippen LogP contribution in [-0.2, 0) is 0 Å². The third-order valence-electron chi connectivity index (χ3n) is 2.95. The third-order valence-corrected chi connectivity index (χ3v) is 4.09. The van der Waals surface area contributed by atoms with Crippen LogP contribution in [0.1, 0.15) is 20.1 Å². The first-order valence-corrected chi connectivity index (χ1v) is 7.18. The van der Waals surface area contributed by atoms with E-state index in [0.29, 0.717) is 4.88 Å². The number of amides is 1. The number of hydrogen-bond donors (Lipinski definition) is 1. The summed E-state index contributed by atoms with van der Waals surface area (Å²) in [5.74, 6) is 5.03. The van der Waals surface area contributed by atoms with Gasteiger partial charge in [-0.1, -0.05) is 24.0 Å². The molecule has 0 aliphatic carbocycles. The number of anilines is 1. The Hall–Kier alpha value is -2.16. The van der Waals surface area contributed by atoms with Gasteiger partial charge in [-0.15, -0.1) is 11.3 Å². The van der Waals surface area contributed by atoms with Gasteiger partial charge in [-0.2, -0.15) is 0 Å². The van der Waals surface area contributed by atoms with Gasteiger partial charge in [0.25, 0.3) is 5.91 Å². The van der Waals surface area contributed by atoms with E-state index in [1.165, 1.54) is 22.3 Å². The van der Waals surface area contributed by atoms with Crippen LogP contribution in [0.25, 0.3) is 0 Å². The lowest BCUT2D eigenvalue weighted by molar-refractivity contribution is 0.0996. The second-order valence-corrected chi connectivity index (χ2v) is 5.50. The quantitative estimate of drug-likeness (QED) is 0.867. The predicted molar refractivity (Wildman–Crippen MR) is 84.1 cm³/mol. The molecule has 2 aromatic rings. The molecule has 0 fully saturated rings. The number of nitrogens with two attached hydrogens (primary N) is 1. The molecule has 3 nitrogen and oxygen atoms in total. The summed E-state index contributed by atoms with van der Waals surface area (Å²) >= 11 is 1.29. The summed E-state index contributed by atoms with van der Waals surface area (Å²) < 4.78 is 13.7. The second-order valence-electron chi connectivity index (χ2n) is 4.44. The molecule has 1 aromatic carbocycles. The Kier molecular flexibility index (Phi) is 4.73. The first-order valence-electron chi connectivity index (χ1n) is 6.36. The average Bonchev–Trinajstić information content (AvgIpc) is 2.85. The topological polar surface area (TPSA) is 46.3 Å². The third kappa shape index (κ3) is 3.30. The molecule has 5 heteroatoms. The van der Waals surface area contributed by atoms with E-state index in [1.54, 1.807) is 31.3 Å². The maximum atomic E-state index is 13.7. The molecule has 0 unspecified atom stereocenters. The maximum absolute atomic E-state index is 13.7. The molecule has 1 heterocycles. The minimum atomic E-state index is -0.426. The van der Waals surface area contributed by atoms with E-state index in [2.05, 4.69) is 11.8 Å². The van der Waals surface area contributed by atoms with Gasteiger partial charge >= 0.3 is 0 Å². The molecule has 0 atom stereocenters. The number of aryl methyl sites for hydroxylation is 1. The smallest absolute Gasteiger partial charge is 0.268 e. The molecule has 21 heavy (non-hydrogen) atoms. The molecule has 0 aliphatic heterocycles. The molecule has 2 rings (SSSR count). The highest BCUT2D eigenvalue weighted by Gasteiger charge is 2.19. The molecule has 0 aliphatic rings. The summed E-state index contributed by atoms with van der Waals surface area (Å²) in [6, 6.07) is 7.96. The van der Waals surface area contributed by atoms with Crippen molar-refractivity contribution in [3.8, 4) is 11.8 Å². The first-order chi connectivity index (χ1) is 10.0. The summed E-state index contributed by atoms with van der Waals surface area (Å²) in [5.41, 5.74) is 6.52. The second kappa shape index (κ2) is 6.53. The van der Waals surface area contributed by atoms with Crippen molar-refractivity contribution < 1.29 is 9.18 Å². The van der Waals surface area contributed by atoms with E-state index in [0.717, 1.165) is 10.4 Å². The number of thiophene rings is 1. The SMILES string of the molecule is Cc1cc(C(=O)N(C)c2ccccc2F)sc1C#CCN. The Labute approximate surface area is 127 Å². The molecule has 1 aromatic heterocycles. The van der Waals surface area contributed by atoms with Crippen molar-refractivity contribution in [3.05, 3.63) is 51.5 Å². The fourth-order valence-corrected chi connectivity index (χ4v) is 2.86. The highest BCUT2D eigenvalue weighted by molar-refractivity contribution is 7.14. The van der Waals surface area contributed by atoms with E-state index in [9.17, 15) is 9.18 Å². The van der Waals surface area contributed by atoms with E-state index in [-0.39, 0.29) is 18.1 Å². The maximum Gasteiger partial charge on any atom is 0.268 e. The Morgan fingerprint density at radius 1 is 1.43 bits per heavy atom. The molecular weight excluding hydrogens is 287 g/mol. The largest absolute Gasteiger partial charge is 0.320 e. The molecule has 0 bridgehead atoms. The van der Waals surface area contributed by atoms with Crippen LogP contribution in [0.15, 0.2) is 30.3 Å². The van der Waals surface area contributed by atoms with Crippen molar-refractivity contribution >= 4 is 22.9 Å². The van der Waals surface area contributed by atoms with Gasteiger partial charge in [-0.3, -0.25) is 4.79 Å². The number of para-hydroxylation sites is 1. The highest BCUT2D eigenvalue weighted by atomic mass is 32.1. The van der Waals surface area contributed by atoms with Gasteiger partial charge in [0.1, 0.15) is 5.82 Å². The van der Waals surface area contributed by atoms with E-state index >= 15 is 0 Å². The van der Waals surface area contributed by atoms with Crippen molar-refractivity contribution in [2.45, 2.75) is 6.92 Å². The molecule has 1 amide bonds. The van der Waals surface area contributed by atoms with Crippen LogP contribution in [0.3, 0.4) is 0 Å². The van der Waals surface area contributed by atoms with Crippen LogP contribution in [0.4, 0.5) is 10.1 Å². The van der Waals surface area contributed by atoms with Gasteiger partial charge in [-0.25, -0.2) is 4.39 Å². The number of benzene rings is 1. The summed E-state index contributed by atoms with van der Waals surface area (Å²) in [4.78, 5) is 15.1. The summed E-state index contributed by atoms with van der Waals surface area (Å²) in [7, 11) is 1.56. The van der Waals surface area contributed by atoms with Crippen molar-refractivity contribution in [2.75, 3.05) is 18.5 Å². The zero-order valence-electron chi connectivity index (χ0n) is 11.8. The van der Waals surface area contributed by atoms with Crippen molar-refractivity contribution in [3.63, 3.8) is 0 Å². The number of halogens is 1. The lowest BCUT2D eigenvalue weighted by Crippen LogP contribution is -2.26. The van der Waals surface area contributed by atoms with Crippen LogP contribution in [0.5, 0.6) is 0 Å². The number of rotatable bonds is 2. The minimum Gasteiger partial charge on any atom is -0.320 e. The normalized spacial score (nSPS) is 9.90. The summed E-state index contributed by atoms with van der Waals surface area (Å²) in [6.07, 6.45) is 0. The summed E-state index contributed by atoms with van der Waals surface area (Å²) in [6.45, 7) is 2.16. The Bertz CT molecular complexity index is 727. The van der Waals surface area contributed by atoms with Gasteiger partial charge in [0.05, 0.1) is 22.0 Å². The number of nitrogens with zero attached hydrogens (tertiary/aromatic N) is 1. The monoisotopic (exact) mass is 302 g/mol. The van der Waals surface area contributed by atoms with Gasteiger partial charge < -0.3 is 10.6 Å². The number of carbonyl (C=O) groups is 1. The molecule has 0 saturated heterocycles. The minimum absolute atomic E-state index is 0.253. The molecular formula is C16H15FN2OS. The standard InChI is InChI=1S/C16H15FN2OS/c1-11-10-15(21-14(11)8-5-9-18)16(20)19(2)13-7-4-3-6-12(13)17/h3-4,6-7,10H,9,18H2,1-2H3. The number of hydrogen-bond acceptors (Lipinski definition) is 3. The van der Waals surface area contributed by atoms with E-state index in [4.69, 9.17) is 5.73 Å². The number of carbonyl (C=O) groups excluding carboxylic acids is 1. The Morgan fingerprint density at radius 3 is 2.81 bits per heavy atom. The van der Waals surface area contributed by atoms with Crippen LogP contribution < -0.4 is 10.6 Å². The lowest BCUT2D eigenvalue weighted by Gasteiger charge is -2.16. The van der Waals surface area contributed by atoms with Crippen LogP contribution in [-0.4, -0.2) is 19.5 Å². The van der Waals surface area contributed by atoms with Crippen molar-refractivity contribution in [1.82, 2.24) is 0 Å². The average molecular weight is 302 g/mol. The van der Waals surface area contributed by atoms with Gasteiger partial charge in [0.2, 0.25) is 0 Å². The molecule has 2 N–H and O–H groups in total. The highest BCUT2D eigenvalue weighted by Crippen LogP contribution is 2.25. The van der Waals surface area contributed by atoms with Crippen LogP contribution in [0.2, 0.25) is 0 Å². The zero-order chi connectivity index (χ0) is 15.4. The Morgan fingerprint density at radius 2 is 2.14 bits per heavy atom. The lowest BCUT2D eigenvalue weighted by atomic mass is 10.2. The van der Waals surface area contributed by atoms with Gasteiger partial charge in [0, 0.05) is 7.05 Å². The van der Waals surface area contributed by atoms with E-state index in [1.807, 2.05) is 6.92 Å². The summed E-state index contributed by atoms with van der Waals surface area (Å²) in [5, 5.41) is 0. The van der Waals surface area contributed by atoms with Crippen LogP contribution in [0, 0.1) is 24.6 Å².